The van der Waals surface area contributed by atoms with Crippen LogP contribution in [0.2, 0.25) is 0 Å². The SMILES string of the molecule is [B]C([B])([B])NC(=O)c1cc(C)cc(F)n1. The van der Waals surface area contributed by atoms with Crippen molar-refractivity contribution in [3.63, 3.8) is 0 Å². The third kappa shape index (κ3) is 3.77. The quantitative estimate of drug-likeness (QED) is 0.507. The van der Waals surface area contributed by atoms with Gasteiger partial charge in [-0.15, -0.1) is 0 Å². The van der Waals surface area contributed by atoms with Gasteiger partial charge in [0.15, 0.2) is 0 Å². The second-order valence-electron chi connectivity index (χ2n) is 3.24. The zero-order valence-corrected chi connectivity index (χ0v) is 8.12. The molecule has 1 N–H and O–H groups in total. The summed E-state index contributed by atoms with van der Waals surface area (Å²) in [6, 6.07) is 2.58. The van der Waals surface area contributed by atoms with Gasteiger partial charge in [0, 0.05) is 0 Å². The smallest absolute Gasteiger partial charge is 0.268 e. The maximum atomic E-state index is 12.8. The maximum absolute atomic E-state index is 12.8. The molecule has 0 aliphatic rings. The molecule has 0 atom stereocenters. The van der Waals surface area contributed by atoms with Crippen molar-refractivity contribution >= 4 is 29.4 Å². The number of amides is 1. The van der Waals surface area contributed by atoms with E-state index in [2.05, 4.69) is 10.3 Å². The molecule has 7 heteroatoms. The third-order valence-corrected chi connectivity index (χ3v) is 1.50. The van der Waals surface area contributed by atoms with Gasteiger partial charge in [-0.05, 0) is 24.6 Å². The Hall–Kier alpha value is -1.26. The molecule has 0 spiro atoms. The van der Waals surface area contributed by atoms with Gasteiger partial charge in [-0.25, -0.2) is 4.98 Å². The highest BCUT2D eigenvalue weighted by Crippen LogP contribution is 2.04. The number of aromatic nitrogens is 1. The van der Waals surface area contributed by atoms with Gasteiger partial charge in [0.1, 0.15) is 5.69 Å². The first-order chi connectivity index (χ1) is 6.78. The summed E-state index contributed by atoms with van der Waals surface area (Å²) in [4.78, 5) is 14.8. The highest BCUT2D eigenvalue weighted by Gasteiger charge is 2.16. The average molecular weight is 198 g/mol. The Morgan fingerprint density at radius 3 is 2.53 bits per heavy atom. The molecule has 0 aliphatic heterocycles. The molecule has 15 heavy (non-hydrogen) atoms. The van der Waals surface area contributed by atoms with Crippen LogP contribution >= 0.6 is 0 Å². The number of nitrogens with zero attached hydrogens (tertiary/aromatic N) is 1. The highest BCUT2D eigenvalue weighted by atomic mass is 19.1. The van der Waals surface area contributed by atoms with E-state index in [4.69, 9.17) is 23.5 Å². The fourth-order valence-corrected chi connectivity index (χ4v) is 1.00. The van der Waals surface area contributed by atoms with Gasteiger partial charge in [0.2, 0.25) is 5.95 Å². The summed E-state index contributed by atoms with van der Waals surface area (Å²) in [5.74, 6) is -1.48. The van der Waals surface area contributed by atoms with E-state index in [0.29, 0.717) is 5.56 Å². The molecule has 0 saturated carbocycles. The standard InChI is InChI=1S/C8H6B3FN2O/c1-4-2-5(13-6(12)3-4)7(15)14-8(9,10)11/h2-3H,1H3,(H,14,15). The minimum absolute atomic E-state index is 0.127. The first kappa shape index (κ1) is 11.8. The van der Waals surface area contributed by atoms with E-state index < -0.39 is 17.1 Å². The molecule has 0 aliphatic carbocycles. The highest BCUT2D eigenvalue weighted by molar-refractivity contribution is 6.60. The number of carbonyl (C=O) groups excluding carboxylic acids is 1. The summed E-state index contributed by atoms with van der Waals surface area (Å²) in [7, 11) is 15.5. The van der Waals surface area contributed by atoms with Crippen molar-refractivity contribution in [2.45, 2.75) is 12.2 Å². The van der Waals surface area contributed by atoms with Crippen LogP contribution in [0, 0.1) is 12.9 Å². The Labute approximate surface area is 91.1 Å². The van der Waals surface area contributed by atoms with Crippen LogP contribution in [-0.2, 0) is 0 Å². The van der Waals surface area contributed by atoms with Gasteiger partial charge in [-0.3, -0.25) is 4.79 Å². The Bertz CT molecular complexity index is 372. The summed E-state index contributed by atoms with van der Waals surface area (Å²) < 4.78 is 12.8. The summed E-state index contributed by atoms with van der Waals surface area (Å²) in [6.07, 6.45) is 0. The molecule has 70 valence electrons. The molecule has 0 bridgehead atoms. The molecule has 1 rings (SSSR count). The lowest BCUT2D eigenvalue weighted by atomic mass is 9.49. The fourth-order valence-electron chi connectivity index (χ4n) is 1.00. The number of hydrogen-bond acceptors (Lipinski definition) is 2. The molecule has 1 amide bonds. The van der Waals surface area contributed by atoms with Crippen LogP contribution < -0.4 is 5.32 Å². The first-order valence-corrected chi connectivity index (χ1v) is 4.11. The monoisotopic (exact) mass is 198 g/mol. The van der Waals surface area contributed by atoms with Crippen molar-refractivity contribution < 1.29 is 9.18 Å². The third-order valence-electron chi connectivity index (χ3n) is 1.50. The molecule has 1 heterocycles. The van der Waals surface area contributed by atoms with Gasteiger partial charge >= 0.3 is 0 Å². The summed E-state index contributed by atoms with van der Waals surface area (Å²) in [5, 5.41) is 0.207. The van der Waals surface area contributed by atoms with Gasteiger partial charge < -0.3 is 5.32 Å². The number of hydrogen-bond donors (Lipinski definition) is 1. The number of pyridine rings is 1. The first-order valence-electron chi connectivity index (χ1n) is 4.11. The predicted octanol–water partition coefficient (Wildman–Crippen LogP) is -0.624. The minimum atomic E-state index is -1.85. The van der Waals surface area contributed by atoms with E-state index in [9.17, 15) is 9.18 Å². The molecule has 0 fully saturated rings. The molecule has 0 saturated heterocycles. The van der Waals surface area contributed by atoms with E-state index >= 15 is 0 Å². The van der Waals surface area contributed by atoms with Crippen molar-refractivity contribution in [1.29, 1.82) is 0 Å². The van der Waals surface area contributed by atoms with E-state index in [-0.39, 0.29) is 5.69 Å². The maximum Gasteiger partial charge on any atom is 0.268 e. The van der Waals surface area contributed by atoms with Crippen molar-refractivity contribution in [2.24, 2.45) is 0 Å². The normalized spacial score (nSPS) is 11.1. The number of aryl methyl sites for hydroxylation is 1. The van der Waals surface area contributed by atoms with E-state index in [0.717, 1.165) is 0 Å². The number of carbonyl (C=O) groups is 1. The Balaban J connectivity index is 2.92. The number of nitrogens with one attached hydrogen (secondary N) is 1. The van der Waals surface area contributed by atoms with Crippen LogP contribution in [0.5, 0.6) is 0 Å². The molecule has 1 aromatic rings. The topological polar surface area (TPSA) is 42.0 Å². The second kappa shape index (κ2) is 4.09. The van der Waals surface area contributed by atoms with Gasteiger partial charge in [0.25, 0.3) is 5.91 Å². The number of rotatable bonds is 2. The lowest BCUT2D eigenvalue weighted by Gasteiger charge is -2.21. The summed E-state index contributed by atoms with van der Waals surface area (Å²) >= 11 is 0. The van der Waals surface area contributed by atoms with E-state index in [1.54, 1.807) is 6.92 Å². The van der Waals surface area contributed by atoms with Crippen LogP contribution in [0.3, 0.4) is 0 Å². The molecular formula is C8H6B3FN2O. The summed E-state index contributed by atoms with van der Waals surface area (Å²) in [6.45, 7) is 1.63. The summed E-state index contributed by atoms with van der Waals surface area (Å²) in [5.41, 5.74) is 0.433. The van der Waals surface area contributed by atoms with Crippen LogP contribution in [-0.4, -0.2) is 39.7 Å². The lowest BCUT2D eigenvalue weighted by molar-refractivity contribution is 0.0946. The van der Waals surface area contributed by atoms with Crippen molar-refractivity contribution in [2.75, 3.05) is 0 Å². The van der Waals surface area contributed by atoms with Crippen LogP contribution in [0.15, 0.2) is 12.1 Å². The Kier molecular flexibility index (Phi) is 3.22. The average Bonchev–Trinajstić information content (AvgIpc) is 1.98. The Morgan fingerprint density at radius 2 is 2.07 bits per heavy atom. The molecule has 0 aromatic carbocycles. The van der Waals surface area contributed by atoms with Crippen molar-refractivity contribution in [1.82, 2.24) is 10.3 Å². The van der Waals surface area contributed by atoms with Crippen LogP contribution in [0.25, 0.3) is 0 Å². The van der Waals surface area contributed by atoms with E-state index in [1.807, 2.05) is 0 Å². The van der Waals surface area contributed by atoms with Gasteiger partial charge in [-0.1, -0.05) is 5.24 Å². The fraction of sp³-hybridized carbons (Fsp3) is 0.250. The van der Waals surface area contributed by atoms with Gasteiger partial charge in [-0.2, -0.15) is 4.39 Å². The minimum Gasteiger partial charge on any atom is -0.371 e. The predicted molar refractivity (Wildman–Crippen MR) is 56.4 cm³/mol. The zero-order chi connectivity index (χ0) is 11.6. The molecule has 3 nitrogen and oxygen atoms in total. The van der Waals surface area contributed by atoms with Crippen LogP contribution in [0.1, 0.15) is 16.1 Å². The number of halogens is 1. The molecule has 6 radical (unpaired) electrons. The largest absolute Gasteiger partial charge is 0.371 e. The van der Waals surface area contributed by atoms with Gasteiger partial charge in [0.05, 0.1) is 23.5 Å². The zero-order valence-electron chi connectivity index (χ0n) is 8.12. The second-order valence-corrected chi connectivity index (χ2v) is 3.24. The van der Waals surface area contributed by atoms with E-state index in [1.165, 1.54) is 12.1 Å². The molecular weight excluding hydrogens is 192 g/mol. The Morgan fingerprint density at radius 1 is 1.47 bits per heavy atom. The molecule has 1 aromatic heterocycles. The lowest BCUT2D eigenvalue weighted by Crippen LogP contribution is -2.50. The van der Waals surface area contributed by atoms with Crippen LogP contribution in [0.4, 0.5) is 4.39 Å². The van der Waals surface area contributed by atoms with Crippen molar-refractivity contribution in [3.05, 3.63) is 29.3 Å². The van der Waals surface area contributed by atoms with Crippen molar-refractivity contribution in [3.8, 4) is 0 Å². The molecule has 0 unspecified atom stereocenters.